The van der Waals surface area contributed by atoms with Crippen molar-refractivity contribution < 1.29 is 22.7 Å². The van der Waals surface area contributed by atoms with Gasteiger partial charge in [-0.2, -0.15) is 4.99 Å². The van der Waals surface area contributed by atoms with E-state index in [1.54, 1.807) is 12.1 Å². The summed E-state index contributed by atoms with van der Waals surface area (Å²) in [6, 6.07) is 5.19. The Morgan fingerprint density at radius 1 is 1.30 bits per heavy atom. The molecule has 3 aliphatic rings. The van der Waals surface area contributed by atoms with Crippen LogP contribution in [0.1, 0.15) is 6.92 Å². The minimum atomic E-state index is -3.07. The molecular weight excluding hydrogens is 340 g/mol. The second-order valence-electron chi connectivity index (χ2n) is 5.62. The van der Waals surface area contributed by atoms with Crippen LogP contribution in [-0.2, 0) is 14.6 Å². The Hall–Kier alpha value is -1.74. The molecule has 0 spiro atoms. The number of carbonyl (C=O) groups is 1. The summed E-state index contributed by atoms with van der Waals surface area (Å²) in [5.74, 6) is 1.14. The van der Waals surface area contributed by atoms with Crippen LogP contribution in [0.3, 0.4) is 0 Å². The summed E-state index contributed by atoms with van der Waals surface area (Å²) in [5.41, 5.74) is 0.756. The average molecular weight is 354 g/mol. The van der Waals surface area contributed by atoms with Crippen LogP contribution in [0.2, 0.25) is 0 Å². The molecule has 9 heteroatoms. The lowest BCUT2D eigenvalue weighted by Gasteiger charge is -2.24. The second kappa shape index (κ2) is 5.13. The number of sulfone groups is 1. The molecule has 3 aliphatic heterocycles. The molecule has 0 bridgehead atoms. The minimum Gasteiger partial charge on any atom is -0.454 e. The number of aliphatic imine (C=N–C) groups is 1. The number of rotatable bonds is 1. The Labute approximate surface area is 137 Å². The first kappa shape index (κ1) is 14.8. The second-order valence-corrected chi connectivity index (χ2v) is 8.98. The summed E-state index contributed by atoms with van der Waals surface area (Å²) >= 11 is 1.35. The number of thioether (sulfide) groups is 1. The van der Waals surface area contributed by atoms with E-state index in [1.165, 1.54) is 18.7 Å². The first-order valence-corrected chi connectivity index (χ1v) is 9.78. The summed E-state index contributed by atoms with van der Waals surface area (Å²) in [7, 11) is -3.07. The van der Waals surface area contributed by atoms with Gasteiger partial charge in [-0.15, -0.1) is 0 Å². The van der Waals surface area contributed by atoms with Crippen LogP contribution >= 0.6 is 11.8 Å². The van der Waals surface area contributed by atoms with E-state index in [2.05, 4.69) is 4.99 Å². The van der Waals surface area contributed by atoms with E-state index in [4.69, 9.17) is 9.47 Å². The summed E-state index contributed by atoms with van der Waals surface area (Å²) in [6.07, 6.45) is 0. The molecule has 2 fully saturated rings. The van der Waals surface area contributed by atoms with Crippen LogP contribution < -0.4 is 14.4 Å². The molecule has 0 radical (unpaired) electrons. The van der Waals surface area contributed by atoms with Gasteiger partial charge in [0.05, 0.1) is 17.5 Å². The van der Waals surface area contributed by atoms with Crippen LogP contribution in [0.25, 0.3) is 0 Å². The molecule has 122 valence electrons. The molecular formula is C14H14N2O5S2. The number of fused-ring (bicyclic) bond motifs is 2. The van der Waals surface area contributed by atoms with Crippen molar-refractivity contribution in [3.63, 3.8) is 0 Å². The molecule has 4 rings (SSSR count). The van der Waals surface area contributed by atoms with Crippen molar-refractivity contribution in [2.45, 2.75) is 18.2 Å². The van der Waals surface area contributed by atoms with Crippen molar-refractivity contribution in [2.24, 2.45) is 4.99 Å². The molecule has 0 aliphatic carbocycles. The van der Waals surface area contributed by atoms with E-state index in [0.29, 0.717) is 16.7 Å². The van der Waals surface area contributed by atoms with Crippen molar-refractivity contribution >= 4 is 38.4 Å². The summed E-state index contributed by atoms with van der Waals surface area (Å²) in [5, 5.41) is 0.435. The van der Waals surface area contributed by atoms with Gasteiger partial charge in [0, 0.05) is 23.9 Å². The molecule has 7 nitrogen and oxygen atoms in total. The van der Waals surface area contributed by atoms with Gasteiger partial charge in [0.25, 0.3) is 0 Å². The number of ether oxygens (including phenoxy) is 2. The van der Waals surface area contributed by atoms with Gasteiger partial charge in [-0.05, 0) is 12.1 Å². The lowest BCUT2D eigenvalue weighted by molar-refractivity contribution is -0.115. The Bertz CT molecular complexity index is 820. The molecule has 23 heavy (non-hydrogen) atoms. The number of carbonyl (C=O) groups excluding carboxylic acids is 1. The zero-order valence-electron chi connectivity index (χ0n) is 12.3. The normalized spacial score (nSPS) is 29.1. The monoisotopic (exact) mass is 354 g/mol. The molecule has 2 saturated heterocycles. The van der Waals surface area contributed by atoms with E-state index in [0.717, 1.165) is 5.69 Å². The van der Waals surface area contributed by atoms with Gasteiger partial charge in [-0.3, -0.25) is 4.79 Å². The quantitative estimate of drug-likeness (QED) is 0.745. The van der Waals surface area contributed by atoms with E-state index in [-0.39, 0.29) is 35.5 Å². The largest absolute Gasteiger partial charge is 0.454 e. The number of anilines is 1. The molecule has 2 unspecified atom stereocenters. The number of nitrogens with zero attached hydrogens (tertiary/aromatic N) is 2. The van der Waals surface area contributed by atoms with Crippen molar-refractivity contribution in [3.05, 3.63) is 18.2 Å². The van der Waals surface area contributed by atoms with Crippen LogP contribution in [0, 0.1) is 0 Å². The molecule has 2 atom stereocenters. The Kier molecular flexibility index (Phi) is 3.31. The third-order valence-corrected chi connectivity index (χ3v) is 7.16. The highest BCUT2D eigenvalue weighted by atomic mass is 32.2. The molecule has 0 N–H and O–H groups in total. The molecule has 1 aromatic rings. The van der Waals surface area contributed by atoms with E-state index in [1.807, 2.05) is 11.0 Å². The summed E-state index contributed by atoms with van der Waals surface area (Å²) in [4.78, 5) is 17.3. The van der Waals surface area contributed by atoms with Crippen LogP contribution in [0.15, 0.2) is 23.2 Å². The van der Waals surface area contributed by atoms with Crippen LogP contribution in [0.4, 0.5) is 5.69 Å². The Morgan fingerprint density at radius 2 is 2.09 bits per heavy atom. The first-order valence-electron chi connectivity index (χ1n) is 7.08. The van der Waals surface area contributed by atoms with Gasteiger partial charge >= 0.3 is 0 Å². The number of hydrogen-bond acceptors (Lipinski definition) is 6. The van der Waals surface area contributed by atoms with Crippen LogP contribution in [0.5, 0.6) is 11.5 Å². The third-order valence-electron chi connectivity index (χ3n) is 3.95. The predicted molar refractivity (Wildman–Crippen MR) is 87.0 cm³/mol. The SMILES string of the molecule is CC(=O)N=C1SC2CS(=O)(=O)CC2N1c1ccc2c(c1)OCO2. The summed E-state index contributed by atoms with van der Waals surface area (Å²) < 4.78 is 34.6. The van der Waals surface area contributed by atoms with E-state index < -0.39 is 9.84 Å². The van der Waals surface area contributed by atoms with Gasteiger partial charge in [0.1, 0.15) is 0 Å². The lowest BCUT2D eigenvalue weighted by atomic mass is 10.2. The van der Waals surface area contributed by atoms with Gasteiger partial charge < -0.3 is 14.4 Å². The smallest absolute Gasteiger partial charge is 0.244 e. The fourth-order valence-electron chi connectivity index (χ4n) is 3.04. The standard InChI is InChI=1S/C14H14N2O5S2/c1-8(17)15-14-16(10-5-23(18,19)6-13(10)22-14)9-2-3-11-12(4-9)21-7-20-11/h2-4,10,13H,5-7H2,1H3. The fraction of sp³-hybridized carbons (Fsp3) is 0.429. The molecule has 0 aromatic heterocycles. The van der Waals surface area contributed by atoms with Gasteiger partial charge in [-0.25, -0.2) is 8.42 Å². The van der Waals surface area contributed by atoms with Crippen LogP contribution in [-0.4, -0.2) is 49.1 Å². The van der Waals surface area contributed by atoms with Gasteiger partial charge in [-0.1, -0.05) is 11.8 Å². The van der Waals surface area contributed by atoms with Crippen molar-refractivity contribution in [2.75, 3.05) is 23.2 Å². The number of amides is 1. The van der Waals surface area contributed by atoms with Crippen molar-refractivity contribution in [1.82, 2.24) is 0 Å². The minimum absolute atomic E-state index is 0.0655. The highest BCUT2D eigenvalue weighted by Crippen LogP contribution is 2.43. The summed E-state index contributed by atoms with van der Waals surface area (Å²) in [6.45, 7) is 1.55. The maximum atomic E-state index is 11.9. The average Bonchev–Trinajstić information content (AvgIpc) is 3.09. The van der Waals surface area contributed by atoms with Crippen molar-refractivity contribution in [3.8, 4) is 11.5 Å². The number of amidine groups is 1. The Morgan fingerprint density at radius 3 is 2.87 bits per heavy atom. The number of hydrogen-bond donors (Lipinski definition) is 0. The highest BCUT2D eigenvalue weighted by molar-refractivity contribution is 8.16. The highest BCUT2D eigenvalue weighted by Gasteiger charge is 2.49. The zero-order chi connectivity index (χ0) is 16.2. The molecule has 0 saturated carbocycles. The predicted octanol–water partition coefficient (Wildman–Crippen LogP) is 1.04. The maximum Gasteiger partial charge on any atom is 0.244 e. The van der Waals surface area contributed by atoms with Crippen molar-refractivity contribution in [1.29, 1.82) is 0 Å². The molecule has 1 aromatic carbocycles. The first-order chi connectivity index (χ1) is 10.9. The van der Waals surface area contributed by atoms with Gasteiger partial charge in [0.15, 0.2) is 26.5 Å². The third kappa shape index (κ3) is 2.57. The Balaban J connectivity index is 1.77. The van der Waals surface area contributed by atoms with Gasteiger partial charge in [0.2, 0.25) is 12.7 Å². The molecule has 3 heterocycles. The maximum absolute atomic E-state index is 11.9. The lowest BCUT2D eigenvalue weighted by Crippen LogP contribution is -2.37. The topological polar surface area (TPSA) is 85.3 Å². The fourth-order valence-corrected chi connectivity index (χ4v) is 6.99. The molecule has 1 amide bonds. The van der Waals surface area contributed by atoms with E-state index >= 15 is 0 Å². The zero-order valence-corrected chi connectivity index (χ0v) is 13.9. The number of benzene rings is 1. The van der Waals surface area contributed by atoms with E-state index in [9.17, 15) is 13.2 Å².